The highest BCUT2D eigenvalue weighted by atomic mass is 16.5. The number of hydrogen-bond acceptors (Lipinski definition) is 5. The smallest absolute Gasteiger partial charge is 0.254 e. The number of morpholine rings is 1. The third-order valence-electron chi connectivity index (χ3n) is 7.02. The monoisotopic (exact) mass is 434 g/mol. The first-order chi connectivity index (χ1) is 15.7. The molecule has 3 atom stereocenters. The highest BCUT2D eigenvalue weighted by Crippen LogP contribution is 2.40. The Hall–Kier alpha value is -2.93. The number of nitrogens with zero attached hydrogens (tertiary/aromatic N) is 3. The molecule has 32 heavy (non-hydrogen) atoms. The molecule has 168 valence electrons. The lowest BCUT2D eigenvalue weighted by molar-refractivity contribution is -0.120. The molecule has 1 aliphatic carbocycles. The summed E-state index contributed by atoms with van der Waals surface area (Å²) < 4.78 is 5.40. The van der Waals surface area contributed by atoms with Crippen molar-refractivity contribution in [1.82, 2.24) is 9.88 Å². The zero-order chi connectivity index (χ0) is 21.9. The lowest BCUT2D eigenvalue weighted by atomic mass is 9.84. The van der Waals surface area contributed by atoms with Crippen LogP contribution in [0.1, 0.15) is 42.5 Å². The molecule has 0 bridgehead atoms. The molecule has 1 aromatic carbocycles. The summed E-state index contributed by atoms with van der Waals surface area (Å²) in [6.45, 7) is 3.12. The molecule has 3 unspecified atom stereocenters. The molecule has 1 saturated carbocycles. The second kappa shape index (κ2) is 9.28. The summed E-state index contributed by atoms with van der Waals surface area (Å²) in [7, 11) is 0. The fraction of sp³-hybridized carbons (Fsp3) is 0.480. The minimum absolute atomic E-state index is 0.0456. The van der Waals surface area contributed by atoms with Crippen molar-refractivity contribution in [3.8, 4) is 0 Å². The lowest BCUT2D eigenvalue weighted by Crippen LogP contribution is -2.47. The molecule has 5 rings (SSSR count). The second-order valence-electron chi connectivity index (χ2n) is 8.93. The summed E-state index contributed by atoms with van der Waals surface area (Å²) in [5.74, 6) is 0.726. The van der Waals surface area contributed by atoms with Crippen LogP contribution in [0.15, 0.2) is 48.7 Å². The van der Waals surface area contributed by atoms with Crippen LogP contribution in [0.3, 0.4) is 0 Å². The number of carbonyl (C=O) groups is 2. The highest BCUT2D eigenvalue weighted by Gasteiger charge is 2.47. The summed E-state index contributed by atoms with van der Waals surface area (Å²) in [6, 6.07) is 12.8. The molecule has 2 amide bonds. The number of nitrogens with one attached hydrogen (secondary N) is 1. The number of aromatic nitrogens is 1. The maximum atomic E-state index is 13.4. The summed E-state index contributed by atoms with van der Waals surface area (Å²) in [4.78, 5) is 35.3. The summed E-state index contributed by atoms with van der Waals surface area (Å²) >= 11 is 0. The van der Waals surface area contributed by atoms with Crippen molar-refractivity contribution in [2.75, 3.05) is 36.5 Å². The van der Waals surface area contributed by atoms with Crippen LogP contribution in [0.25, 0.3) is 0 Å². The molecule has 2 aliphatic heterocycles. The Kier molecular flexibility index (Phi) is 6.08. The van der Waals surface area contributed by atoms with Crippen LogP contribution in [-0.4, -0.2) is 60.1 Å². The van der Waals surface area contributed by atoms with Crippen LogP contribution in [0.4, 0.5) is 11.5 Å². The molecular weight excluding hydrogens is 404 g/mol. The second-order valence-corrected chi connectivity index (χ2v) is 8.93. The van der Waals surface area contributed by atoms with E-state index in [-0.39, 0.29) is 17.9 Å². The molecular formula is C25H30N4O3. The summed E-state index contributed by atoms with van der Waals surface area (Å²) in [6.07, 6.45) is 6.86. The number of ether oxygens (including phenoxy) is 1. The van der Waals surface area contributed by atoms with Crippen molar-refractivity contribution in [2.24, 2.45) is 5.92 Å². The number of rotatable bonds is 4. The molecule has 3 aliphatic rings. The van der Waals surface area contributed by atoms with Gasteiger partial charge >= 0.3 is 0 Å². The Labute approximate surface area is 188 Å². The first-order valence-electron chi connectivity index (χ1n) is 11.7. The Morgan fingerprint density at radius 1 is 1.00 bits per heavy atom. The molecule has 7 heteroatoms. The molecule has 3 heterocycles. The number of fused-ring (bicyclic) bond motifs is 1. The highest BCUT2D eigenvalue weighted by molar-refractivity contribution is 6.01. The van der Waals surface area contributed by atoms with Gasteiger partial charge in [-0.1, -0.05) is 31.0 Å². The number of anilines is 2. The number of pyridine rings is 1. The zero-order valence-electron chi connectivity index (χ0n) is 18.3. The summed E-state index contributed by atoms with van der Waals surface area (Å²) in [5.41, 5.74) is 1.67. The van der Waals surface area contributed by atoms with E-state index < -0.39 is 6.04 Å². The van der Waals surface area contributed by atoms with E-state index in [1.807, 2.05) is 47.4 Å². The van der Waals surface area contributed by atoms with Gasteiger partial charge in [0.15, 0.2) is 0 Å². The average molecular weight is 435 g/mol. The van der Waals surface area contributed by atoms with Crippen LogP contribution in [-0.2, 0) is 9.53 Å². The topological polar surface area (TPSA) is 74.8 Å². The van der Waals surface area contributed by atoms with Gasteiger partial charge in [0.2, 0.25) is 5.91 Å². The van der Waals surface area contributed by atoms with E-state index in [2.05, 4.69) is 15.2 Å². The van der Waals surface area contributed by atoms with Crippen LogP contribution in [0.5, 0.6) is 0 Å². The zero-order valence-corrected chi connectivity index (χ0v) is 18.3. The fourth-order valence-corrected chi connectivity index (χ4v) is 5.39. The van der Waals surface area contributed by atoms with E-state index >= 15 is 0 Å². The first-order valence-corrected chi connectivity index (χ1v) is 11.7. The number of likely N-dealkylation sites (tertiary alicyclic amines) is 1. The Bertz CT molecular complexity index is 943. The number of amides is 2. The van der Waals surface area contributed by atoms with Crippen molar-refractivity contribution in [3.63, 3.8) is 0 Å². The molecule has 3 fully saturated rings. The van der Waals surface area contributed by atoms with Gasteiger partial charge in [0, 0.05) is 24.7 Å². The van der Waals surface area contributed by atoms with Crippen molar-refractivity contribution >= 4 is 23.3 Å². The molecule has 2 saturated heterocycles. The van der Waals surface area contributed by atoms with E-state index in [0.717, 1.165) is 44.5 Å². The largest absolute Gasteiger partial charge is 0.378 e. The molecule has 2 aromatic rings. The lowest BCUT2D eigenvalue weighted by Gasteiger charge is -2.33. The van der Waals surface area contributed by atoms with Crippen LogP contribution in [0.2, 0.25) is 0 Å². The van der Waals surface area contributed by atoms with Gasteiger partial charge < -0.3 is 19.9 Å². The van der Waals surface area contributed by atoms with Crippen molar-refractivity contribution < 1.29 is 14.3 Å². The van der Waals surface area contributed by atoms with Crippen molar-refractivity contribution in [3.05, 3.63) is 54.2 Å². The van der Waals surface area contributed by atoms with Crippen LogP contribution < -0.4 is 10.2 Å². The quantitative estimate of drug-likeness (QED) is 0.799. The fourth-order valence-electron chi connectivity index (χ4n) is 5.39. The predicted molar refractivity (Wildman–Crippen MR) is 123 cm³/mol. The molecule has 0 radical (unpaired) electrons. The third-order valence-corrected chi connectivity index (χ3v) is 7.02. The van der Waals surface area contributed by atoms with Gasteiger partial charge in [0.1, 0.15) is 11.9 Å². The van der Waals surface area contributed by atoms with Gasteiger partial charge in [-0.15, -0.1) is 0 Å². The number of hydrogen-bond donors (Lipinski definition) is 1. The normalized spacial score (nSPS) is 25.3. The average Bonchev–Trinajstić information content (AvgIpc) is 3.25. The van der Waals surface area contributed by atoms with Crippen LogP contribution >= 0.6 is 0 Å². The van der Waals surface area contributed by atoms with E-state index in [1.165, 1.54) is 6.42 Å². The van der Waals surface area contributed by atoms with Gasteiger partial charge in [0.05, 0.1) is 25.1 Å². The van der Waals surface area contributed by atoms with E-state index in [0.29, 0.717) is 30.5 Å². The molecule has 1 aromatic heterocycles. The van der Waals surface area contributed by atoms with E-state index in [9.17, 15) is 9.59 Å². The van der Waals surface area contributed by atoms with Gasteiger partial charge in [-0.05, 0) is 49.4 Å². The number of carbonyl (C=O) groups excluding carboxylic acids is 2. The van der Waals surface area contributed by atoms with Gasteiger partial charge in [-0.25, -0.2) is 4.98 Å². The minimum atomic E-state index is -0.462. The third kappa shape index (κ3) is 4.21. The van der Waals surface area contributed by atoms with E-state index in [4.69, 9.17) is 4.74 Å². The first kappa shape index (κ1) is 20.9. The summed E-state index contributed by atoms with van der Waals surface area (Å²) in [5, 5.41) is 2.97. The molecule has 7 nitrogen and oxygen atoms in total. The predicted octanol–water partition coefficient (Wildman–Crippen LogP) is 3.33. The Morgan fingerprint density at radius 3 is 2.53 bits per heavy atom. The maximum Gasteiger partial charge on any atom is 0.254 e. The van der Waals surface area contributed by atoms with Crippen molar-refractivity contribution in [2.45, 2.75) is 44.2 Å². The Balaban J connectivity index is 1.32. The standard InChI is InChI=1S/C25H30N4O3/c30-24(27-23-11-10-20(17-26-23)28-12-14-32-15-13-28)22-16-19-8-4-5-9-21(19)29(22)25(31)18-6-2-1-3-7-18/h1-3,6-7,10-11,17,19,21-22H,4-5,8-9,12-16H2,(H,26,27,30). The molecule has 1 N–H and O–H groups in total. The van der Waals surface area contributed by atoms with Gasteiger partial charge in [0.25, 0.3) is 5.91 Å². The van der Waals surface area contributed by atoms with Crippen molar-refractivity contribution in [1.29, 1.82) is 0 Å². The van der Waals surface area contributed by atoms with Crippen LogP contribution in [0, 0.1) is 5.92 Å². The number of benzene rings is 1. The van der Waals surface area contributed by atoms with E-state index in [1.54, 1.807) is 6.20 Å². The Morgan fingerprint density at radius 2 is 1.78 bits per heavy atom. The molecule has 0 spiro atoms. The SMILES string of the molecule is O=C(Nc1ccc(N2CCOCC2)cn1)C1CC2CCCCC2N1C(=O)c1ccccc1. The maximum absolute atomic E-state index is 13.4. The minimum Gasteiger partial charge on any atom is -0.378 e. The van der Waals surface area contributed by atoms with Gasteiger partial charge in [-0.3, -0.25) is 9.59 Å². The van der Waals surface area contributed by atoms with Gasteiger partial charge in [-0.2, -0.15) is 0 Å².